The molecule has 5 aromatic rings. The van der Waals surface area contributed by atoms with E-state index >= 15 is 0 Å². The molecule has 0 aliphatic carbocycles. The minimum absolute atomic E-state index is 0.000679. The molecular formula is C26H21Cl2F2N7O3S. The van der Waals surface area contributed by atoms with Crippen molar-refractivity contribution in [3.8, 4) is 16.9 Å². The number of hydrogen-bond acceptors (Lipinski definition) is 7. The van der Waals surface area contributed by atoms with Crippen LogP contribution in [-0.2, 0) is 13.3 Å². The molecule has 10 nitrogen and oxygen atoms in total. The van der Waals surface area contributed by atoms with Gasteiger partial charge in [0.1, 0.15) is 21.2 Å². The van der Waals surface area contributed by atoms with Gasteiger partial charge in [0.25, 0.3) is 18.2 Å². The number of nitrogens with two attached hydrogens (primary N) is 1. The number of aryl methyl sites for hydroxylation is 2. The van der Waals surface area contributed by atoms with Gasteiger partial charge in [0.2, 0.25) is 0 Å². The van der Waals surface area contributed by atoms with Crippen LogP contribution in [0.25, 0.3) is 21.3 Å². The molecule has 0 fully saturated rings. The zero-order valence-corrected chi connectivity index (χ0v) is 23.8. The van der Waals surface area contributed by atoms with E-state index in [1.165, 1.54) is 29.1 Å². The van der Waals surface area contributed by atoms with Crippen LogP contribution in [0, 0.1) is 6.92 Å². The zero-order valence-electron chi connectivity index (χ0n) is 21.5. The topological polar surface area (TPSA) is 130 Å². The number of halogens is 4. The maximum Gasteiger partial charge on any atom is 0.280 e. The van der Waals surface area contributed by atoms with Gasteiger partial charge in [-0.2, -0.15) is 10.2 Å². The molecule has 3 N–H and O–H groups in total. The Balaban J connectivity index is 1.51. The van der Waals surface area contributed by atoms with Gasteiger partial charge in [-0.3, -0.25) is 14.3 Å². The van der Waals surface area contributed by atoms with E-state index in [1.54, 1.807) is 29.9 Å². The molecular weight excluding hydrogens is 599 g/mol. The van der Waals surface area contributed by atoms with Crippen LogP contribution in [0.15, 0.2) is 42.7 Å². The lowest BCUT2D eigenvalue weighted by Crippen LogP contribution is -2.18. The van der Waals surface area contributed by atoms with Gasteiger partial charge >= 0.3 is 0 Å². The first-order valence-corrected chi connectivity index (χ1v) is 13.6. The number of carbonyl (C=O) groups excluding carboxylic acids is 2. The van der Waals surface area contributed by atoms with E-state index in [4.69, 9.17) is 33.7 Å². The number of anilines is 1. The van der Waals surface area contributed by atoms with Crippen LogP contribution < -0.4 is 15.8 Å². The van der Waals surface area contributed by atoms with E-state index < -0.39 is 23.9 Å². The number of nitrogens with zero attached hydrogens (tertiary/aromatic N) is 5. The highest BCUT2D eigenvalue weighted by molar-refractivity contribution is 7.21. The van der Waals surface area contributed by atoms with Gasteiger partial charge in [-0.1, -0.05) is 23.2 Å². The first kappa shape index (κ1) is 28.5. The standard InChI is InChI=1S/C26H21Cl2F2N7O3S/c1-3-36-10-15(12(2)34-36)14-9-18(23(29)30)32-26-20(14)21(22(41-26)24(31)38)33-25(39)17-6-7-37(35-17)11-40-19-5-4-13(27)8-16(19)28/h4-10,23H,3,11H2,1-2H3,(H2,31,38)(H,33,39). The lowest BCUT2D eigenvalue weighted by Gasteiger charge is -2.10. The van der Waals surface area contributed by atoms with Crippen molar-refractivity contribution in [1.29, 1.82) is 0 Å². The van der Waals surface area contributed by atoms with Crippen LogP contribution in [0.4, 0.5) is 14.5 Å². The molecule has 0 radical (unpaired) electrons. The van der Waals surface area contributed by atoms with Crippen molar-refractivity contribution in [1.82, 2.24) is 24.5 Å². The summed E-state index contributed by atoms with van der Waals surface area (Å²) in [5, 5.41) is 12.4. The van der Waals surface area contributed by atoms with E-state index in [2.05, 4.69) is 20.5 Å². The maximum absolute atomic E-state index is 13.8. The van der Waals surface area contributed by atoms with E-state index in [-0.39, 0.29) is 27.8 Å². The van der Waals surface area contributed by atoms with Gasteiger partial charge in [-0.25, -0.2) is 18.4 Å². The second-order valence-electron chi connectivity index (χ2n) is 8.77. The highest BCUT2D eigenvalue weighted by atomic mass is 35.5. The molecule has 1 aromatic carbocycles. The Bertz CT molecular complexity index is 1800. The number of carbonyl (C=O) groups is 2. The number of fused-ring (bicyclic) bond motifs is 1. The van der Waals surface area contributed by atoms with Crippen molar-refractivity contribution >= 4 is 62.3 Å². The number of hydrogen-bond donors (Lipinski definition) is 2. The molecule has 15 heteroatoms. The van der Waals surface area contributed by atoms with E-state index in [0.29, 0.717) is 44.5 Å². The highest BCUT2D eigenvalue weighted by Crippen LogP contribution is 2.43. The number of benzene rings is 1. The summed E-state index contributed by atoms with van der Waals surface area (Å²) in [5.41, 5.74) is 6.65. The summed E-state index contributed by atoms with van der Waals surface area (Å²) >= 11 is 12.9. The summed E-state index contributed by atoms with van der Waals surface area (Å²) in [6.45, 7) is 4.11. The molecule has 0 aliphatic rings. The van der Waals surface area contributed by atoms with E-state index in [1.807, 2.05) is 6.92 Å². The Hall–Kier alpha value is -4.07. The highest BCUT2D eigenvalue weighted by Gasteiger charge is 2.27. The summed E-state index contributed by atoms with van der Waals surface area (Å²) < 4.78 is 36.3. The second-order valence-corrected chi connectivity index (χ2v) is 10.6. The number of rotatable bonds is 9. The molecule has 0 aliphatic heterocycles. The van der Waals surface area contributed by atoms with Crippen molar-refractivity contribution in [2.45, 2.75) is 33.5 Å². The van der Waals surface area contributed by atoms with Gasteiger partial charge in [0, 0.05) is 34.9 Å². The fraction of sp³-hybridized carbons (Fsp3) is 0.192. The number of alkyl halides is 2. The maximum atomic E-state index is 13.8. The first-order valence-electron chi connectivity index (χ1n) is 12.1. The predicted octanol–water partition coefficient (Wildman–Crippen LogP) is 6.32. The average molecular weight is 620 g/mol. The first-order chi connectivity index (χ1) is 19.5. The van der Waals surface area contributed by atoms with Crippen LogP contribution in [0.2, 0.25) is 10.0 Å². The smallest absolute Gasteiger partial charge is 0.280 e. The molecule has 0 unspecified atom stereocenters. The van der Waals surface area contributed by atoms with Crippen molar-refractivity contribution in [2.75, 3.05) is 5.32 Å². The summed E-state index contributed by atoms with van der Waals surface area (Å²) in [6.07, 6.45) is 0.358. The van der Waals surface area contributed by atoms with Crippen LogP contribution in [-0.4, -0.2) is 36.4 Å². The lowest BCUT2D eigenvalue weighted by atomic mass is 10.0. The summed E-state index contributed by atoms with van der Waals surface area (Å²) in [4.78, 5) is 29.8. The molecule has 0 spiro atoms. The lowest BCUT2D eigenvalue weighted by molar-refractivity contribution is 0.100. The van der Waals surface area contributed by atoms with Crippen LogP contribution in [0.5, 0.6) is 5.75 Å². The third kappa shape index (κ3) is 5.73. The molecule has 0 saturated heterocycles. The van der Waals surface area contributed by atoms with E-state index in [0.717, 1.165) is 11.3 Å². The minimum atomic E-state index is -2.87. The molecule has 41 heavy (non-hydrogen) atoms. The van der Waals surface area contributed by atoms with Crippen molar-refractivity contribution < 1.29 is 23.1 Å². The van der Waals surface area contributed by atoms with Crippen molar-refractivity contribution in [3.05, 3.63) is 74.7 Å². The fourth-order valence-corrected chi connectivity index (χ4v) is 5.62. The number of primary amides is 1. The molecule has 212 valence electrons. The summed E-state index contributed by atoms with van der Waals surface area (Å²) in [7, 11) is 0. The average Bonchev–Trinajstić information content (AvgIpc) is 3.65. The third-order valence-corrected chi connectivity index (χ3v) is 7.68. The third-order valence-electron chi connectivity index (χ3n) is 6.05. The summed E-state index contributed by atoms with van der Waals surface area (Å²) in [5.74, 6) is -1.15. The van der Waals surface area contributed by atoms with Crippen molar-refractivity contribution in [3.63, 3.8) is 0 Å². The van der Waals surface area contributed by atoms with E-state index in [9.17, 15) is 18.4 Å². The number of thiophene rings is 1. The predicted molar refractivity (Wildman–Crippen MR) is 152 cm³/mol. The van der Waals surface area contributed by atoms with Crippen LogP contribution in [0.3, 0.4) is 0 Å². The normalized spacial score (nSPS) is 11.4. The Labute approximate surface area is 245 Å². The molecule has 0 bridgehead atoms. The van der Waals surface area contributed by atoms with Gasteiger partial charge in [0.05, 0.1) is 16.4 Å². The van der Waals surface area contributed by atoms with Gasteiger partial charge in [-0.15, -0.1) is 11.3 Å². The van der Waals surface area contributed by atoms with Gasteiger partial charge in [-0.05, 0) is 49.7 Å². The Kier molecular flexibility index (Phi) is 7.93. The molecule has 4 heterocycles. The number of pyridine rings is 1. The number of ether oxygens (including phenoxy) is 1. The minimum Gasteiger partial charge on any atom is -0.470 e. The quantitative estimate of drug-likeness (QED) is 0.199. The SMILES string of the molecule is CCn1cc(-c2cc(C(F)F)nc3sc(C(N)=O)c(NC(=O)c4ccn(COc5ccc(Cl)cc5Cl)n4)c23)c(C)n1. The van der Waals surface area contributed by atoms with Gasteiger partial charge in [0.15, 0.2) is 12.4 Å². The van der Waals surface area contributed by atoms with Crippen LogP contribution >= 0.6 is 34.5 Å². The Morgan fingerprint density at radius 3 is 2.59 bits per heavy atom. The molecule has 0 atom stereocenters. The van der Waals surface area contributed by atoms with Gasteiger partial charge < -0.3 is 15.8 Å². The number of amides is 2. The molecule has 4 aromatic heterocycles. The summed E-state index contributed by atoms with van der Waals surface area (Å²) in [6, 6.07) is 7.44. The largest absolute Gasteiger partial charge is 0.470 e. The Morgan fingerprint density at radius 2 is 1.93 bits per heavy atom. The monoisotopic (exact) mass is 619 g/mol. The zero-order chi connectivity index (χ0) is 29.4. The second kappa shape index (κ2) is 11.4. The van der Waals surface area contributed by atoms with Crippen LogP contribution in [0.1, 0.15) is 44.9 Å². The fourth-order valence-electron chi connectivity index (χ4n) is 4.14. The molecule has 5 rings (SSSR count). The number of nitrogens with one attached hydrogen (secondary N) is 1. The molecule has 0 saturated carbocycles. The number of aromatic nitrogens is 5. The Morgan fingerprint density at radius 1 is 1.15 bits per heavy atom. The molecule has 2 amide bonds. The van der Waals surface area contributed by atoms with Crippen molar-refractivity contribution in [2.24, 2.45) is 5.73 Å².